The van der Waals surface area contributed by atoms with Gasteiger partial charge in [0.25, 0.3) is 5.91 Å². The predicted octanol–water partition coefficient (Wildman–Crippen LogP) is 2.48. The molecule has 0 aliphatic heterocycles. The van der Waals surface area contributed by atoms with E-state index >= 15 is 0 Å². The minimum atomic E-state index is -0.219. The first kappa shape index (κ1) is 19.4. The maximum atomic E-state index is 13.2. The van der Waals surface area contributed by atoms with Gasteiger partial charge in [-0.2, -0.15) is 0 Å². The summed E-state index contributed by atoms with van der Waals surface area (Å²) < 4.78 is 13.2. The topological polar surface area (TPSA) is 65.5 Å². The van der Waals surface area contributed by atoms with E-state index in [0.29, 0.717) is 31.0 Å². The first-order valence-corrected chi connectivity index (χ1v) is 8.70. The molecule has 0 spiro atoms. The monoisotopic (exact) mass is 356 g/mol. The van der Waals surface area contributed by atoms with Gasteiger partial charge in [-0.15, -0.1) is 0 Å². The fourth-order valence-electron chi connectivity index (χ4n) is 2.44. The summed E-state index contributed by atoms with van der Waals surface area (Å²) >= 11 is 0. The predicted molar refractivity (Wildman–Crippen MR) is 103 cm³/mol. The van der Waals surface area contributed by atoms with E-state index in [1.54, 1.807) is 31.3 Å². The molecule has 2 aromatic carbocycles. The molecular formula is C20H25FN4O. The lowest BCUT2D eigenvalue weighted by Crippen LogP contribution is -2.38. The number of nitrogens with zero attached hydrogens (tertiary/aromatic N) is 1. The zero-order chi connectivity index (χ0) is 18.8. The van der Waals surface area contributed by atoms with Gasteiger partial charge in [0.1, 0.15) is 5.82 Å². The maximum Gasteiger partial charge on any atom is 0.251 e. The summed E-state index contributed by atoms with van der Waals surface area (Å²) in [5, 5.41) is 9.04. The van der Waals surface area contributed by atoms with Gasteiger partial charge in [0.15, 0.2) is 5.96 Å². The Morgan fingerprint density at radius 1 is 1.08 bits per heavy atom. The largest absolute Gasteiger partial charge is 0.357 e. The molecule has 3 N–H and O–H groups in total. The van der Waals surface area contributed by atoms with Crippen LogP contribution >= 0.6 is 0 Å². The Morgan fingerprint density at radius 3 is 2.50 bits per heavy atom. The molecule has 0 heterocycles. The molecule has 0 aromatic heterocycles. The highest BCUT2D eigenvalue weighted by Gasteiger charge is 2.03. The van der Waals surface area contributed by atoms with Crippen molar-refractivity contribution in [1.82, 2.24) is 16.0 Å². The van der Waals surface area contributed by atoms with Crippen molar-refractivity contribution in [2.75, 3.05) is 20.1 Å². The molecule has 6 heteroatoms. The molecule has 138 valence electrons. The molecule has 0 bridgehead atoms. The number of hydrogen-bond donors (Lipinski definition) is 3. The smallest absolute Gasteiger partial charge is 0.251 e. The summed E-state index contributed by atoms with van der Waals surface area (Å²) in [6.07, 6.45) is 0.711. The van der Waals surface area contributed by atoms with Crippen LogP contribution in [-0.4, -0.2) is 32.0 Å². The van der Waals surface area contributed by atoms with Crippen LogP contribution in [0, 0.1) is 5.82 Å². The average molecular weight is 356 g/mol. The third-order valence-electron chi connectivity index (χ3n) is 3.80. The maximum absolute atomic E-state index is 13.2. The van der Waals surface area contributed by atoms with Crippen molar-refractivity contribution in [2.24, 2.45) is 4.99 Å². The van der Waals surface area contributed by atoms with Gasteiger partial charge in [0, 0.05) is 25.7 Å². The van der Waals surface area contributed by atoms with Gasteiger partial charge in [-0.3, -0.25) is 4.79 Å². The first-order chi connectivity index (χ1) is 12.6. The van der Waals surface area contributed by atoms with E-state index in [9.17, 15) is 9.18 Å². The molecule has 0 radical (unpaired) electrons. The fourth-order valence-corrected chi connectivity index (χ4v) is 2.44. The molecule has 26 heavy (non-hydrogen) atoms. The number of aliphatic imine (C=N–C) groups is 1. The van der Waals surface area contributed by atoms with Crippen LogP contribution < -0.4 is 16.0 Å². The van der Waals surface area contributed by atoms with E-state index in [-0.39, 0.29) is 11.7 Å². The average Bonchev–Trinajstić information content (AvgIpc) is 2.66. The fraction of sp³-hybridized carbons (Fsp3) is 0.300. The number of carbonyl (C=O) groups is 1. The standard InChI is InChI=1S/C20H25FN4O/c1-3-23-20(24-12-11-15-5-4-6-18(21)13-15)25-14-16-7-9-17(10-8-16)19(26)22-2/h4-10,13H,3,11-12,14H2,1-2H3,(H,22,26)(H2,23,24,25). The summed E-state index contributed by atoms with van der Waals surface area (Å²) in [5.74, 6) is 0.384. The Kier molecular flexibility index (Phi) is 7.61. The van der Waals surface area contributed by atoms with E-state index in [0.717, 1.165) is 17.7 Å². The minimum absolute atomic E-state index is 0.104. The normalized spacial score (nSPS) is 11.1. The zero-order valence-electron chi connectivity index (χ0n) is 15.2. The van der Waals surface area contributed by atoms with E-state index in [2.05, 4.69) is 20.9 Å². The van der Waals surface area contributed by atoms with Crippen LogP contribution in [0.15, 0.2) is 53.5 Å². The van der Waals surface area contributed by atoms with Gasteiger partial charge in [-0.1, -0.05) is 24.3 Å². The van der Waals surface area contributed by atoms with Crippen molar-refractivity contribution in [2.45, 2.75) is 19.9 Å². The van der Waals surface area contributed by atoms with Crippen molar-refractivity contribution < 1.29 is 9.18 Å². The molecule has 0 aliphatic carbocycles. The van der Waals surface area contributed by atoms with Crippen LogP contribution in [0.3, 0.4) is 0 Å². The van der Waals surface area contributed by atoms with Crippen LogP contribution in [-0.2, 0) is 13.0 Å². The Morgan fingerprint density at radius 2 is 1.85 bits per heavy atom. The lowest BCUT2D eigenvalue weighted by molar-refractivity contribution is 0.0963. The Labute approximate surface area is 153 Å². The zero-order valence-corrected chi connectivity index (χ0v) is 15.2. The third-order valence-corrected chi connectivity index (χ3v) is 3.80. The number of amides is 1. The van der Waals surface area contributed by atoms with Gasteiger partial charge in [-0.25, -0.2) is 9.38 Å². The molecule has 0 saturated carbocycles. The van der Waals surface area contributed by atoms with Crippen LogP contribution in [0.4, 0.5) is 4.39 Å². The highest BCUT2D eigenvalue weighted by molar-refractivity contribution is 5.93. The molecule has 5 nitrogen and oxygen atoms in total. The number of carbonyl (C=O) groups excluding carboxylic acids is 1. The SMILES string of the molecule is CCNC(=NCc1ccc(C(=O)NC)cc1)NCCc1cccc(F)c1. The Hall–Kier alpha value is -2.89. The summed E-state index contributed by atoms with van der Waals surface area (Å²) in [6, 6.07) is 14.0. The van der Waals surface area contributed by atoms with Gasteiger partial charge in [0.2, 0.25) is 0 Å². The third kappa shape index (κ3) is 6.20. The van der Waals surface area contributed by atoms with Crippen LogP contribution in [0.5, 0.6) is 0 Å². The van der Waals surface area contributed by atoms with E-state index in [4.69, 9.17) is 0 Å². The number of rotatable bonds is 7. The molecule has 0 unspecified atom stereocenters. The first-order valence-electron chi connectivity index (χ1n) is 8.70. The second-order valence-electron chi connectivity index (χ2n) is 5.78. The molecule has 0 atom stereocenters. The summed E-state index contributed by atoms with van der Waals surface area (Å²) in [5.41, 5.74) is 2.58. The van der Waals surface area contributed by atoms with Crippen LogP contribution in [0.25, 0.3) is 0 Å². The van der Waals surface area contributed by atoms with Crippen molar-refractivity contribution in [3.8, 4) is 0 Å². The highest BCUT2D eigenvalue weighted by atomic mass is 19.1. The van der Waals surface area contributed by atoms with Crippen molar-refractivity contribution >= 4 is 11.9 Å². The second-order valence-corrected chi connectivity index (χ2v) is 5.78. The van der Waals surface area contributed by atoms with Crippen molar-refractivity contribution in [1.29, 1.82) is 0 Å². The van der Waals surface area contributed by atoms with Gasteiger partial charge >= 0.3 is 0 Å². The van der Waals surface area contributed by atoms with E-state index < -0.39 is 0 Å². The number of guanidine groups is 1. The van der Waals surface area contributed by atoms with E-state index in [1.807, 2.05) is 25.1 Å². The molecule has 0 fully saturated rings. The minimum Gasteiger partial charge on any atom is -0.357 e. The number of nitrogens with one attached hydrogen (secondary N) is 3. The van der Waals surface area contributed by atoms with Gasteiger partial charge in [-0.05, 0) is 48.7 Å². The Bertz CT molecular complexity index is 744. The van der Waals surface area contributed by atoms with Crippen LogP contribution in [0.1, 0.15) is 28.4 Å². The van der Waals surface area contributed by atoms with Gasteiger partial charge in [0.05, 0.1) is 6.54 Å². The second kappa shape index (κ2) is 10.2. The van der Waals surface area contributed by atoms with Crippen molar-refractivity contribution in [3.05, 3.63) is 71.0 Å². The number of halogens is 1. The molecule has 2 rings (SSSR count). The van der Waals surface area contributed by atoms with Crippen molar-refractivity contribution in [3.63, 3.8) is 0 Å². The summed E-state index contributed by atoms with van der Waals surface area (Å²) in [4.78, 5) is 16.1. The molecule has 0 saturated heterocycles. The molecule has 2 aromatic rings. The number of hydrogen-bond acceptors (Lipinski definition) is 2. The molecule has 1 amide bonds. The van der Waals surface area contributed by atoms with E-state index in [1.165, 1.54) is 6.07 Å². The molecule has 0 aliphatic rings. The quantitative estimate of drug-likeness (QED) is 0.527. The lowest BCUT2D eigenvalue weighted by atomic mass is 10.1. The summed E-state index contributed by atoms with van der Waals surface area (Å²) in [6.45, 7) is 3.91. The summed E-state index contributed by atoms with van der Waals surface area (Å²) in [7, 11) is 1.61. The Balaban J connectivity index is 1.90. The highest BCUT2D eigenvalue weighted by Crippen LogP contribution is 2.06. The molecular weight excluding hydrogens is 331 g/mol. The lowest BCUT2D eigenvalue weighted by Gasteiger charge is -2.11. The van der Waals surface area contributed by atoms with Gasteiger partial charge < -0.3 is 16.0 Å². The van der Waals surface area contributed by atoms with Crippen LogP contribution in [0.2, 0.25) is 0 Å². The number of benzene rings is 2.